The zero-order valence-electron chi connectivity index (χ0n) is 6.47. The normalized spacial score (nSPS) is 9.92. The maximum absolute atomic E-state index is 11.0. The highest BCUT2D eigenvalue weighted by atomic mass is 32.2. The number of hydrogen-bond acceptors (Lipinski definition) is 4. The summed E-state index contributed by atoms with van der Waals surface area (Å²) >= 11 is 0. The lowest BCUT2D eigenvalue weighted by Crippen LogP contribution is -2.18. The summed E-state index contributed by atoms with van der Waals surface area (Å²) in [6, 6.07) is 8.06. The van der Waals surface area contributed by atoms with Crippen molar-refractivity contribution in [2.45, 2.75) is 0 Å². The Bertz CT molecular complexity index is 352. The molecule has 1 rings (SSSR count). The van der Waals surface area contributed by atoms with Crippen molar-refractivity contribution in [3.63, 3.8) is 0 Å². The van der Waals surface area contributed by atoms with Gasteiger partial charge in [-0.25, -0.2) is 13.2 Å². The van der Waals surface area contributed by atoms with Gasteiger partial charge in [-0.1, -0.05) is 18.2 Å². The van der Waals surface area contributed by atoms with E-state index in [0.29, 0.717) is 0 Å². The molecule has 70 valence electrons. The molecule has 0 amide bonds. The van der Waals surface area contributed by atoms with Crippen LogP contribution in [0, 0.1) is 0 Å². The van der Waals surface area contributed by atoms with Crippen LogP contribution in [-0.4, -0.2) is 14.4 Å². The van der Waals surface area contributed by atoms with Crippen molar-refractivity contribution in [1.29, 1.82) is 0 Å². The van der Waals surface area contributed by atoms with Gasteiger partial charge >= 0.3 is 5.97 Å². The van der Waals surface area contributed by atoms with Crippen LogP contribution in [0.25, 0.3) is 0 Å². The first-order valence-electron chi connectivity index (χ1n) is 3.36. The molecule has 0 radical (unpaired) electrons. The molecule has 0 saturated heterocycles. The SMILES string of the molecule is O=C(ON[SH](=O)=O)c1ccccc1. The summed E-state index contributed by atoms with van der Waals surface area (Å²) in [5.41, 5.74) is 0.284. The predicted octanol–water partition coefficient (Wildman–Crippen LogP) is -0.126. The van der Waals surface area contributed by atoms with E-state index in [1.165, 1.54) is 12.1 Å². The maximum Gasteiger partial charge on any atom is 0.357 e. The summed E-state index contributed by atoms with van der Waals surface area (Å²) < 4.78 is 20.0. The fraction of sp³-hybridized carbons (Fsp3) is 0. The lowest BCUT2D eigenvalue weighted by atomic mass is 10.2. The molecule has 0 bridgehead atoms. The zero-order chi connectivity index (χ0) is 9.68. The molecule has 0 aromatic heterocycles. The van der Waals surface area contributed by atoms with Crippen molar-refractivity contribution >= 4 is 16.9 Å². The van der Waals surface area contributed by atoms with E-state index in [1.807, 2.05) is 0 Å². The molecule has 1 aromatic rings. The van der Waals surface area contributed by atoms with Gasteiger partial charge < -0.3 is 4.84 Å². The summed E-state index contributed by atoms with van der Waals surface area (Å²) in [4.78, 5) is 16.7. The van der Waals surface area contributed by atoms with Gasteiger partial charge in [-0.2, -0.15) is 0 Å². The lowest BCUT2D eigenvalue weighted by molar-refractivity contribution is 0.0414. The largest absolute Gasteiger partial charge is 0.357 e. The second kappa shape index (κ2) is 4.58. The number of carbonyl (C=O) groups is 1. The van der Waals surface area contributed by atoms with E-state index in [0.717, 1.165) is 0 Å². The van der Waals surface area contributed by atoms with Crippen LogP contribution >= 0.6 is 0 Å². The summed E-state index contributed by atoms with van der Waals surface area (Å²) in [5.74, 6) is -0.736. The number of nitrogens with one attached hydrogen (secondary N) is 1. The van der Waals surface area contributed by atoms with E-state index >= 15 is 0 Å². The standard InChI is InChI=1S/C7H7NO4S/c9-7(12-8-13(10)11)6-4-2-1-3-5-6/h1-5,13H,(H,8,10,11). The average Bonchev–Trinajstić information content (AvgIpc) is 2.15. The van der Waals surface area contributed by atoms with Crippen molar-refractivity contribution in [3.05, 3.63) is 35.9 Å². The van der Waals surface area contributed by atoms with Crippen molar-refractivity contribution in [2.24, 2.45) is 0 Å². The van der Waals surface area contributed by atoms with Gasteiger partial charge in [0.25, 0.3) is 0 Å². The average molecular weight is 201 g/mol. The van der Waals surface area contributed by atoms with Crippen molar-refractivity contribution in [1.82, 2.24) is 4.89 Å². The monoisotopic (exact) mass is 201 g/mol. The topological polar surface area (TPSA) is 72.5 Å². The van der Waals surface area contributed by atoms with Crippen LogP contribution in [0.15, 0.2) is 30.3 Å². The molecule has 0 atom stereocenters. The van der Waals surface area contributed by atoms with Crippen molar-refractivity contribution < 1.29 is 18.0 Å². The minimum Gasteiger partial charge on any atom is -0.352 e. The van der Waals surface area contributed by atoms with Crippen LogP contribution in [0.4, 0.5) is 0 Å². The van der Waals surface area contributed by atoms with Crippen LogP contribution in [0.5, 0.6) is 0 Å². The van der Waals surface area contributed by atoms with E-state index in [2.05, 4.69) is 4.84 Å². The first-order chi connectivity index (χ1) is 6.20. The smallest absolute Gasteiger partial charge is 0.352 e. The molecular formula is C7H7NO4S. The Labute approximate surface area is 76.4 Å². The predicted molar refractivity (Wildman–Crippen MR) is 45.3 cm³/mol. The van der Waals surface area contributed by atoms with Gasteiger partial charge in [-0.3, -0.25) is 0 Å². The molecule has 0 fully saturated rings. The molecule has 0 unspecified atom stereocenters. The minimum atomic E-state index is -2.92. The molecule has 5 nitrogen and oxygen atoms in total. The van der Waals surface area contributed by atoms with Crippen LogP contribution < -0.4 is 4.89 Å². The molecule has 1 aromatic carbocycles. The van der Waals surface area contributed by atoms with Gasteiger partial charge in [-0.05, 0) is 17.0 Å². The second-order valence-corrected chi connectivity index (χ2v) is 2.80. The van der Waals surface area contributed by atoms with Gasteiger partial charge in [0, 0.05) is 0 Å². The molecule has 1 N–H and O–H groups in total. The number of rotatable bonds is 3. The Morgan fingerprint density at radius 1 is 1.23 bits per heavy atom. The van der Waals surface area contributed by atoms with Crippen LogP contribution in [-0.2, 0) is 15.7 Å². The Balaban J connectivity index is 2.59. The first-order valence-corrected chi connectivity index (χ1v) is 4.54. The molecule has 6 heteroatoms. The molecule has 0 aliphatic carbocycles. The number of carbonyl (C=O) groups excluding carboxylic acids is 1. The fourth-order valence-corrected chi connectivity index (χ4v) is 0.869. The highest BCUT2D eigenvalue weighted by Gasteiger charge is 2.05. The molecule has 0 spiro atoms. The van der Waals surface area contributed by atoms with Crippen LogP contribution in [0.1, 0.15) is 10.4 Å². The van der Waals surface area contributed by atoms with E-state index in [9.17, 15) is 13.2 Å². The van der Waals surface area contributed by atoms with Crippen LogP contribution in [0.3, 0.4) is 0 Å². The minimum absolute atomic E-state index is 0.284. The Morgan fingerprint density at radius 3 is 2.38 bits per heavy atom. The van der Waals surface area contributed by atoms with Crippen molar-refractivity contribution in [3.8, 4) is 0 Å². The molecule has 13 heavy (non-hydrogen) atoms. The Kier molecular flexibility index (Phi) is 3.41. The van der Waals surface area contributed by atoms with Gasteiger partial charge in [0.15, 0.2) is 0 Å². The third kappa shape index (κ3) is 3.22. The van der Waals surface area contributed by atoms with Gasteiger partial charge in [-0.15, -0.1) is 0 Å². The zero-order valence-corrected chi connectivity index (χ0v) is 7.36. The second-order valence-electron chi connectivity index (χ2n) is 2.10. The number of thiol groups is 1. The van der Waals surface area contributed by atoms with Gasteiger partial charge in [0.1, 0.15) is 0 Å². The Morgan fingerprint density at radius 2 is 1.85 bits per heavy atom. The maximum atomic E-state index is 11.0. The highest BCUT2D eigenvalue weighted by Crippen LogP contribution is 1.99. The lowest BCUT2D eigenvalue weighted by Gasteiger charge is -1.98. The Hall–Kier alpha value is -1.40. The van der Waals surface area contributed by atoms with E-state index < -0.39 is 16.9 Å². The molecular weight excluding hydrogens is 194 g/mol. The number of hydrogen-bond donors (Lipinski definition) is 2. The fourth-order valence-electron chi connectivity index (χ4n) is 0.712. The molecule has 0 aliphatic heterocycles. The van der Waals surface area contributed by atoms with Gasteiger partial charge in [0.2, 0.25) is 10.9 Å². The summed E-state index contributed by atoms with van der Waals surface area (Å²) in [6.45, 7) is 0. The highest BCUT2D eigenvalue weighted by molar-refractivity contribution is 7.70. The molecule has 0 heterocycles. The van der Waals surface area contributed by atoms with E-state index in [4.69, 9.17) is 0 Å². The third-order valence-corrected chi connectivity index (χ3v) is 1.46. The number of benzene rings is 1. The van der Waals surface area contributed by atoms with Crippen LogP contribution in [0.2, 0.25) is 0 Å². The molecule has 0 aliphatic rings. The first kappa shape index (κ1) is 9.69. The summed E-state index contributed by atoms with van der Waals surface area (Å²) in [7, 11) is -2.92. The van der Waals surface area contributed by atoms with E-state index in [1.54, 1.807) is 23.1 Å². The van der Waals surface area contributed by atoms with E-state index in [-0.39, 0.29) is 5.56 Å². The summed E-state index contributed by atoms with van der Waals surface area (Å²) in [6.07, 6.45) is 0. The van der Waals surface area contributed by atoms with Gasteiger partial charge in [0.05, 0.1) is 5.56 Å². The summed E-state index contributed by atoms with van der Waals surface area (Å²) in [5, 5.41) is 0. The quantitative estimate of drug-likeness (QED) is 0.528. The third-order valence-electron chi connectivity index (χ3n) is 1.22. The van der Waals surface area contributed by atoms with Crippen molar-refractivity contribution in [2.75, 3.05) is 0 Å². The molecule has 0 saturated carbocycles.